The van der Waals surface area contributed by atoms with Crippen molar-refractivity contribution in [3.63, 3.8) is 0 Å². The van der Waals surface area contributed by atoms with E-state index in [9.17, 15) is 13.2 Å². The molecule has 0 aliphatic heterocycles. The second-order valence-corrected chi connectivity index (χ2v) is 5.50. The summed E-state index contributed by atoms with van der Waals surface area (Å²) in [6, 6.07) is 1.56. The predicted octanol–water partition coefficient (Wildman–Crippen LogP) is 4.06. The Hall–Kier alpha value is -1.53. The zero-order chi connectivity index (χ0) is 15.5. The van der Waals surface area contributed by atoms with Gasteiger partial charge in [-0.3, -0.25) is 0 Å². The molecule has 1 saturated carbocycles. The van der Waals surface area contributed by atoms with Gasteiger partial charge in [0.25, 0.3) is 0 Å². The first kappa shape index (κ1) is 15.9. The number of nitrogens with one attached hydrogen (secondary N) is 2. The molecular formula is C14H21F3N4. The molecule has 0 unspecified atom stereocenters. The van der Waals surface area contributed by atoms with E-state index < -0.39 is 12.0 Å². The van der Waals surface area contributed by atoms with Crippen molar-refractivity contribution in [1.82, 2.24) is 9.97 Å². The molecule has 21 heavy (non-hydrogen) atoms. The number of hydrogen-bond donors (Lipinski definition) is 2. The van der Waals surface area contributed by atoms with Crippen molar-refractivity contribution < 1.29 is 13.2 Å². The summed E-state index contributed by atoms with van der Waals surface area (Å²) in [4.78, 5) is 7.19. The normalized spacial score (nSPS) is 17.2. The van der Waals surface area contributed by atoms with Crippen LogP contribution in [-0.2, 0) is 6.18 Å². The summed E-state index contributed by atoms with van der Waals surface area (Å²) in [5.41, 5.74) is -0.112. The largest absolute Gasteiger partial charge is 0.451 e. The topological polar surface area (TPSA) is 49.8 Å². The predicted molar refractivity (Wildman–Crippen MR) is 76.3 cm³/mol. The zero-order valence-corrected chi connectivity index (χ0v) is 12.3. The summed E-state index contributed by atoms with van der Waals surface area (Å²) >= 11 is 0. The van der Waals surface area contributed by atoms with Gasteiger partial charge in [0.2, 0.25) is 5.82 Å². The summed E-state index contributed by atoms with van der Waals surface area (Å²) < 4.78 is 38.7. The summed E-state index contributed by atoms with van der Waals surface area (Å²) in [6.07, 6.45) is 0.167. The molecule has 1 heterocycles. The second kappa shape index (κ2) is 6.07. The Kier molecular flexibility index (Phi) is 4.58. The maximum absolute atomic E-state index is 12.9. The van der Waals surface area contributed by atoms with E-state index in [-0.39, 0.29) is 17.2 Å². The third-order valence-corrected chi connectivity index (χ3v) is 3.92. The van der Waals surface area contributed by atoms with E-state index in [0.717, 1.165) is 32.1 Å². The highest BCUT2D eigenvalue weighted by Crippen LogP contribution is 2.38. The number of aromatic nitrogens is 2. The lowest BCUT2D eigenvalue weighted by atomic mass is 9.75. The van der Waals surface area contributed by atoms with Gasteiger partial charge in [-0.1, -0.05) is 13.8 Å². The Labute approximate surface area is 122 Å². The molecule has 0 spiro atoms. The molecule has 1 aliphatic carbocycles. The number of alkyl halides is 3. The van der Waals surface area contributed by atoms with Gasteiger partial charge in [0, 0.05) is 18.2 Å². The fraction of sp³-hybridized carbons (Fsp3) is 0.714. The molecule has 118 valence electrons. The van der Waals surface area contributed by atoms with Crippen LogP contribution in [0, 0.1) is 0 Å². The van der Waals surface area contributed by atoms with Crippen LogP contribution in [0.1, 0.15) is 51.8 Å². The van der Waals surface area contributed by atoms with Gasteiger partial charge in [-0.25, -0.2) is 9.97 Å². The molecule has 0 aromatic carbocycles. The smallest absolute Gasteiger partial charge is 0.370 e. The average molecular weight is 302 g/mol. The number of anilines is 2. The fourth-order valence-electron chi connectivity index (χ4n) is 2.42. The average Bonchev–Trinajstić information content (AvgIpc) is 2.39. The van der Waals surface area contributed by atoms with Gasteiger partial charge in [-0.2, -0.15) is 13.2 Å². The van der Waals surface area contributed by atoms with Crippen LogP contribution < -0.4 is 10.6 Å². The van der Waals surface area contributed by atoms with E-state index in [0.29, 0.717) is 6.54 Å². The van der Waals surface area contributed by atoms with Gasteiger partial charge in [0.05, 0.1) is 0 Å². The van der Waals surface area contributed by atoms with E-state index >= 15 is 0 Å². The van der Waals surface area contributed by atoms with E-state index in [1.54, 1.807) is 6.07 Å². The third kappa shape index (κ3) is 3.77. The minimum Gasteiger partial charge on any atom is -0.370 e. The van der Waals surface area contributed by atoms with Crippen molar-refractivity contribution in [2.24, 2.45) is 0 Å². The monoisotopic (exact) mass is 302 g/mol. The molecule has 0 atom stereocenters. The van der Waals surface area contributed by atoms with Crippen LogP contribution in [0.3, 0.4) is 0 Å². The lowest BCUT2D eigenvalue weighted by Gasteiger charge is -2.42. The Morgan fingerprint density at radius 2 is 1.86 bits per heavy atom. The number of rotatable bonds is 6. The van der Waals surface area contributed by atoms with Crippen molar-refractivity contribution in [3.05, 3.63) is 11.9 Å². The molecule has 1 aromatic rings. The van der Waals surface area contributed by atoms with Crippen LogP contribution in [0.2, 0.25) is 0 Å². The van der Waals surface area contributed by atoms with Crippen LogP contribution in [0.4, 0.5) is 24.8 Å². The summed E-state index contributed by atoms with van der Waals surface area (Å²) in [5.74, 6) is -0.638. The second-order valence-electron chi connectivity index (χ2n) is 5.50. The zero-order valence-electron chi connectivity index (χ0n) is 12.3. The van der Waals surface area contributed by atoms with Crippen molar-refractivity contribution >= 4 is 11.6 Å². The van der Waals surface area contributed by atoms with Gasteiger partial charge in [-0.05, 0) is 32.1 Å². The van der Waals surface area contributed by atoms with Crippen LogP contribution in [0.5, 0.6) is 0 Å². The van der Waals surface area contributed by atoms with E-state index in [2.05, 4.69) is 20.6 Å². The van der Waals surface area contributed by atoms with Crippen LogP contribution >= 0.6 is 0 Å². The van der Waals surface area contributed by atoms with E-state index in [1.165, 1.54) is 0 Å². The maximum Gasteiger partial charge on any atom is 0.451 e. The first-order valence-electron chi connectivity index (χ1n) is 7.37. The van der Waals surface area contributed by atoms with E-state index in [1.807, 2.05) is 13.8 Å². The van der Waals surface area contributed by atoms with Gasteiger partial charge >= 0.3 is 6.18 Å². The number of halogens is 3. The molecule has 0 amide bonds. The number of nitrogens with zero attached hydrogens (tertiary/aromatic N) is 2. The highest BCUT2D eigenvalue weighted by Gasteiger charge is 2.38. The molecule has 0 saturated heterocycles. The highest BCUT2D eigenvalue weighted by atomic mass is 19.4. The molecule has 0 bridgehead atoms. The lowest BCUT2D eigenvalue weighted by Crippen LogP contribution is -2.44. The van der Waals surface area contributed by atoms with Crippen LogP contribution in [-0.4, -0.2) is 22.1 Å². The van der Waals surface area contributed by atoms with Crippen molar-refractivity contribution in [2.75, 3.05) is 17.2 Å². The van der Waals surface area contributed by atoms with E-state index in [4.69, 9.17) is 0 Å². The molecule has 0 radical (unpaired) electrons. The maximum atomic E-state index is 12.9. The standard InChI is InChI=1S/C14H21F3N4/c1-3-8-18-10-9-11(20-12(19-10)14(15,16)17)21-13(4-2)6-5-7-13/h9H,3-8H2,1-2H3,(H2,18,19,20,21). The summed E-state index contributed by atoms with van der Waals surface area (Å²) in [6.45, 7) is 4.55. The SMILES string of the molecule is CCCNc1cc(NC2(CC)CCC2)nc(C(F)(F)F)n1. The summed E-state index contributed by atoms with van der Waals surface area (Å²) in [7, 11) is 0. The summed E-state index contributed by atoms with van der Waals surface area (Å²) in [5, 5.41) is 6.08. The molecule has 4 nitrogen and oxygen atoms in total. The van der Waals surface area contributed by atoms with Crippen molar-refractivity contribution in [3.8, 4) is 0 Å². The Bertz CT molecular complexity index is 478. The quantitative estimate of drug-likeness (QED) is 0.832. The Morgan fingerprint density at radius 3 is 2.33 bits per heavy atom. The molecule has 1 fully saturated rings. The minimum absolute atomic E-state index is 0.112. The molecule has 2 rings (SSSR count). The van der Waals surface area contributed by atoms with Gasteiger partial charge < -0.3 is 10.6 Å². The Morgan fingerprint density at radius 1 is 1.19 bits per heavy atom. The lowest BCUT2D eigenvalue weighted by molar-refractivity contribution is -0.144. The van der Waals surface area contributed by atoms with Crippen molar-refractivity contribution in [1.29, 1.82) is 0 Å². The minimum atomic E-state index is -4.54. The van der Waals surface area contributed by atoms with Crippen LogP contribution in [0.25, 0.3) is 0 Å². The first-order chi connectivity index (χ1) is 9.88. The number of hydrogen-bond acceptors (Lipinski definition) is 4. The fourth-order valence-corrected chi connectivity index (χ4v) is 2.42. The Balaban J connectivity index is 2.26. The van der Waals surface area contributed by atoms with Crippen molar-refractivity contribution in [2.45, 2.75) is 57.7 Å². The van der Waals surface area contributed by atoms with Gasteiger partial charge in [-0.15, -0.1) is 0 Å². The molecule has 1 aromatic heterocycles. The molecule has 1 aliphatic rings. The molecular weight excluding hydrogens is 281 g/mol. The third-order valence-electron chi connectivity index (χ3n) is 3.92. The van der Waals surface area contributed by atoms with Gasteiger partial charge in [0.1, 0.15) is 11.6 Å². The first-order valence-corrected chi connectivity index (χ1v) is 7.37. The van der Waals surface area contributed by atoms with Gasteiger partial charge in [0.15, 0.2) is 0 Å². The molecule has 2 N–H and O–H groups in total. The molecule has 7 heteroatoms. The van der Waals surface area contributed by atoms with Crippen LogP contribution in [0.15, 0.2) is 6.07 Å². The highest BCUT2D eigenvalue weighted by molar-refractivity contribution is 5.49.